The number of amides is 1. The number of thiazole rings is 1. The van der Waals surface area contributed by atoms with Crippen molar-refractivity contribution in [1.82, 2.24) is 15.3 Å². The van der Waals surface area contributed by atoms with E-state index in [0.29, 0.717) is 28.1 Å². The summed E-state index contributed by atoms with van der Waals surface area (Å²) >= 11 is 1.33. The molecule has 0 radical (unpaired) electrons. The van der Waals surface area contributed by atoms with Gasteiger partial charge in [0.15, 0.2) is 5.13 Å². The van der Waals surface area contributed by atoms with Crippen LogP contribution in [0.5, 0.6) is 17.2 Å². The highest BCUT2D eigenvalue weighted by Gasteiger charge is 2.23. The van der Waals surface area contributed by atoms with Crippen LogP contribution >= 0.6 is 11.3 Å². The molecule has 1 atom stereocenters. The molecule has 0 fully saturated rings. The van der Waals surface area contributed by atoms with E-state index >= 15 is 0 Å². The summed E-state index contributed by atoms with van der Waals surface area (Å²) in [4.78, 5) is 21.9. The zero-order valence-corrected chi connectivity index (χ0v) is 19.8. The van der Waals surface area contributed by atoms with Crippen molar-refractivity contribution in [2.24, 2.45) is 0 Å². The van der Waals surface area contributed by atoms with Gasteiger partial charge in [-0.3, -0.25) is 4.79 Å². The van der Waals surface area contributed by atoms with Crippen molar-refractivity contribution >= 4 is 28.2 Å². The summed E-state index contributed by atoms with van der Waals surface area (Å²) in [5.41, 5.74) is 1.94. The summed E-state index contributed by atoms with van der Waals surface area (Å²) in [6.07, 6.45) is 1.69. The van der Waals surface area contributed by atoms with Crippen LogP contribution in [0.1, 0.15) is 27.7 Å². The van der Waals surface area contributed by atoms with Gasteiger partial charge in [0.25, 0.3) is 5.91 Å². The topological polar surface area (TPSA) is 94.6 Å². The minimum atomic E-state index is -0.492. The van der Waals surface area contributed by atoms with E-state index in [4.69, 9.17) is 14.2 Å². The fourth-order valence-electron chi connectivity index (χ4n) is 3.38. The molecule has 34 heavy (non-hydrogen) atoms. The Kier molecular flexibility index (Phi) is 7.24. The number of ether oxygens (including phenoxy) is 3. The lowest BCUT2D eigenvalue weighted by molar-refractivity contribution is 0.0938. The van der Waals surface area contributed by atoms with Gasteiger partial charge in [0.1, 0.15) is 28.8 Å². The standard InChI is InChI=1S/C25H24N4O4S/c1-31-17-9-7-16(8-10-17)23(19-12-11-18(32-2)14-21(19)33-3)29-24(30)20-15-34-25(27-20)28-22-6-4-5-13-26-22/h4-15,23H,1-3H3,(H,29,30)(H,26,27,28). The largest absolute Gasteiger partial charge is 0.497 e. The molecule has 2 aromatic carbocycles. The van der Waals surface area contributed by atoms with E-state index in [2.05, 4.69) is 20.6 Å². The van der Waals surface area contributed by atoms with Crippen LogP contribution in [-0.4, -0.2) is 37.2 Å². The zero-order valence-electron chi connectivity index (χ0n) is 18.9. The molecule has 8 nitrogen and oxygen atoms in total. The zero-order chi connectivity index (χ0) is 23.9. The Morgan fingerprint density at radius 1 is 0.941 bits per heavy atom. The average molecular weight is 477 g/mol. The number of nitrogens with one attached hydrogen (secondary N) is 2. The highest BCUT2D eigenvalue weighted by atomic mass is 32.1. The van der Waals surface area contributed by atoms with Crippen LogP contribution in [0.15, 0.2) is 72.2 Å². The lowest BCUT2D eigenvalue weighted by atomic mass is 9.97. The third kappa shape index (κ3) is 5.26. The number of hydrogen-bond acceptors (Lipinski definition) is 8. The number of carbonyl (C=O) groups excluding carboxylic acids is 1. The summed E-state index contributed by atoms with van der Waals surface area (Å²) < 4.78 is 16.2. The summed E-state index contributed by atoms with van der Waals surface area (Å²) in [5, 5.41) is 8.48. The molecule has 0 bridgehead atoms. The minimum absolute atomic E-state index is 0.300. The molecule has 0 aliphatic heterocycles. The second-order valence-corrected chi connectivity index (χ2v) is 8.02. The summed E-state index contributed by atoms with van der Waals surface area (Å²) in [6.45, 7) is 0. The average Bonchev–Trinajstić information content (AvgIpc) is 3.36. The maximum atomic E-state index is 13.2. The first kappa shape index (κ1) is 23.1. The first-order valence-electron chi connectivity index (χ1n) is 10.4. The molecule has 0 saturated heterocycles. The number of rotatable bonds is 9. The molecule has 0 saturated carbocycles. The number of methoxy groups -OCH3 is 3. The number of aromatic nitrogens is 2. The van der Waals surface area contributed by atoms with E-state index in [9.17, 15) is 4.79 Å². The summed E-state index contributed by atoms with van der Waals surface area (Å²) in [7, 11) is 4.79. The van der Waals surface area contributed by atoms with E-state index in [1.165, 1.54) is 11.3 Å². The first-order valence-corrected chi connectivity index (χ1v) is 11.3. The molecule has 174 valence electrons. The van der Waals surface area contributed by atoms with Gasteiger partial charge in [-0.2, -0.15) is 0 Å². The Morgan fingerprint density at radius 3 is 2.38 bits per heavy atom. The predicted molar refractivity (Wildman–Crippen MR) is 131 cm³/mol. The minimum Gasteiger partial charge on any atom is -0.497 e. The van der Waals surface area contributed by atoms with Gasteiger partial charge in [-0.15, -0.1) is 11.3 Å². The number of anilines is 2. The Balaban J connectivity index is 1.62. The number of hydrogen-bond donors (Lipinski definition) is 2. The molecule has 2 N–H and O–H groups in total. The SMILES string of the molecule is COc1ccc(C(NC(=O)c2csc(Nc3ccccn3)n2)c2ccc(OC)cc2OC)cc1. The highest BCUT2D eigenvalue weighted by Crippen LogP contribution is 2.34. The number of carbonyl (C=O) groups is 1. The fourth-order valence-corrected chi connectivity index (χ4v) is 4.08. The number of pyridine rings is 1. The molecule has 2 aromatic heterocycles. The molecular formula is C25H24N4O4S. The second kappa shape index (κ2) is 10.7. The van der Waals surface area contributed by atoms with Crippen molar-refractivity contribution in [3.8, 4) is 17.2 Å². The van der Waals surface area contributed by atoms with Crippen LogP contribution in [0.25, 0.3) is 0 Å². The molecule has 1 amide bonds. The van der Waals surface area contributed by atoms with Crippen molar-refractivity contribution in [2.75, 3.05) is 26.6 Å². The van der Waals surface area contributed by atoms with Crippen LogP contribution in [0.4, 0.5) is 10.9 Å². The number of benzene rings is 2. The van der Waals surface area contributed by atoms with Gasteiger partial charge < -0.3 is 24.8 Å². The molecule has 1 unspecified atom stereocenters. The molecule has 0 spiro atoms. The van der Waals surface area contributed by atoms with Gasteiger partial charge in [-0.05, 0) is 42.0 Å². The lowest BCUT2D eigenvalue weighted by Gasteiger charge is -2.22. The molecule has 2 heterocycles. The monoisotopic (exact) mass is 476 g/mol. The highest BCUT2D eigenvalue weighted by molar-refractivity contribution is 7.14. The van der Waals surface area contributed by atoms with Crippen LogP contribution < -0.4 is 24.8 Å². The first-order chi connectivity index (χ1) is 16.6. The van der Waals surface area contributed by atoms with E-state index < -0.39 is 6.04 Å². The third-order valence-corrected chi connectivity index (χ3v) is 5.87. The molecule has 0 aliphatic carbocycles. The van der Waals surface area contributed by atoms with E-state index in [0.717, 1.165) is 16.9 Å². The quantitative estimate of drug-likeness (QED) is 0.357. The molecule has 9 heteroatoms. The van der Waals surface area contributed by atoms with Crippen molar-refractivity contribution in [2.45, 2.75) is 6.04 Å². The molecule has 0 aliphatic rings. The summed E-state index contributed by atoms with van der Waals surface area (Å²) in [5.74, 6) is 2.31. The van der Waals surface area contributed by atoms with Gasteiger partial charge >= 0.3 is 0 Å². The predicted octanol–water partition coefficient (Wildman–Crippen LogP) is 4.83. The molecule has 4 aromatic rings. The van der Waals surface area contributed by atoms with Crippen LogP contribution in [0, 0.1) is 0 Å². The maximum absolute atomic E-state index is 13.2. The second-order valence-electron chi connectivity index (χ2n) is 7.17. The van der Waals surface area contributed by atoms with Crippen LogP contribution in [0.3, 0.4) is 0 Å². The van der Waals surface area contributed by atoms with Crippen molar-refractivity contribution in [1.29, 1.82) is 0 Å². The molecule has 4 rings (SSSR count). The van der Waals surface area contributed by atoms with Gasteiger partial charge in [0.2, 0.25) is 0 Å². The van der Waals surface area contributed by atoms with Crippen LogP contribution in [-0.2, 0) is 0 Å². The van der Waals surface area contributed by atoms with Gasteiger partial charge in [0.05, 0.1) is 27.4 Å². The lowest BCUT2D eigenvalue weighted by Crippen LogP contribution is -2.30. The molecular weight excluding hydrogens is 452 g/mol. The van der Waals surface area contributed by atoms with Crippen LogP contribution in [0.2, 0.25) is 0 Å². The van der Waals surface area contributed by atoms with Gasteiger partial charge in [-0.25, -0.2) is 9.97 Å². The van der Waals surface area contributed by atoms with E-state index in [-0.39, 0.29) is 5.91 Å². The van der Waals surface area contributed by atoms with Gasteiger partial charge in [-0.1, -0.05) is 18.2 Å². The van der Waals surface area contributed by atoms with E-state index in [1.54, 1.807) is 39.0 Å². The third-order valence-electron chi connectivity index (χ3n) is 5.11. The fraction of sp³-hybridized carbons (Fsp3) is 0.160. The summed E-state index contributed by atoms with van der Waals surface area (Å²) in [6, 6.07) is 18.0. The van der Waals surface area contributed by atoms with Crippen molar-refractivity contribution in [3.05, 3.63) is 89.1 Å². The Hall–Kier alpha value is -4.11. The normalized spacial score (nSPS) is 11.4. The Labute approximate surface area is 201 Å². The maximum Gasteiger partial charge on any atom is 0.271 e. The van der Waals surface area contributed by atoms with Crippen molar-refractivity contribution < 1.29 is 19.0 Å². The van der Waals surface area contributed by atoms with Gasteiger partial charge in [0, 0.05) is 23.2 Å². The smallest absolute Gasteiger partial charge is 0.271 e. The Bertz CT molecular complexity index is 1250. The number of nitrogens with zero attached hydrogens (tertiary/aromatic N) is 2. The van der Waals surface area contributed by atoms with E-state index in [1.807, 2.05) is 54.6 Å². The van der Waals surface area contributed by atoms with Crippen molar-refractivity contribution in [3.63, 3.8) is 0 Å². The Morgan fingerprint density at radius 2 is 1.71 bits per heavy atom.